The van der Waals surface area contributed by atoms with Gasteiger partial charge in [0.05, 0.1) is 33.6 Å². The zero-order chi connectivity index (χ0) is 20.9. The van der Waals surface area contributed by atoms with Crippen LogP contribution in [-0.2, 0) is 6.18 Å². The lowest BCUT2D eigenvalue weighted by atomic mass is 10.1. The van der Waals surface area contributed by atoms with E-state index >= 15 is 0 Å². The third-order valence-corrected chi connectivity index (χ3v) is 3.42. The first-order valence-corrected chi connectivity index (χ1v) is 7.60. The number of nitro groups is 2. The molecule has 0 radical (unpaired) electrons. The molecule has 0 aromatic heterocycles. The zero-order valence-electron chi connectivity index (χ0n) is 13.9. The standard InChI is InChI=1S/C16H12F3N3O6/c17-16(18,19)11-1-3-14(4-2-11)28-6-5-20-15(23)10-7-12(21(24)25)9-13(8-10)22(26)27/h1-4,7-9H,5-6H2,(H,20,23). The molecule has 0 bridgehead atoms. The van der Waals surface area contributed by atoms with Crippen LogP contribution >= 0.6 is 0 Å². The second-order valence-corrected chi connectivity index (χ2v) is 5.38. The Balaban J connectivity index is 1.94. The third-order valence-electron chi connectivity index (χ3n) is 3.42. The van der Waals surface area contributed by atoms with Gasteiger partial charge in [0.15, 0.2) is 0 Å². The monoisotopic (exact) mass is 399 g/mol. The van der Waals surface area contributed by atoms with Crippen LogP contribution in [0.15, 0.2) is 42.5 Å². The van der Waals surface area contributed by atoms with E-state index in [0.29, 0.717) is 0 Å². The normalized spacial score (nSPS) is 11.0. The number of carbonyl (C=O) groups is 1. The topological polar surface area (TPSA) is 125 Å². The summed E-state index contributed by atoms with van der Waals surface area (Å²) < 4.78 is 42.6. The number of nitrogens with one attached hydrogen (secondary N) is 1. The molecule has 12 heteroatoms. The minimum absolute atomic E-state index is 0.0870. The smallest absolute Gasteiger partial charge is 0.416 e. The minimum Gasteiger partial charge on any atom is -0.492 e. The van der Waals surface area contributed by atoms with Crippen LogP contribution in [0.1, 0.15) is 15.9 Å². The van der Waals surface area contributed by atoms with Gasteiger partial charge < -0.3 is 10.1 Å². The molecule has 0 aliphatic heterocycles. The fraction of sp³-hybridized carbons (Fsp3) is 0.188. The van der Waals surface area contributed by atoms with Crippen LogP contribution in [0.4, 0.5) is 24.5 Å². The molecule has 0 fully saturated rings. The second kappa shape index (κ2) is 8.33. The number of nitro benzene ring substituents is 2. The summed E-state index contributed by atoms with van der Waals surface area (Å²) >= 11 is 0. The number of amides is 1. The van der Waals surface area contributed by atoms with E-state index in [2.05, 4.69) is 5.32 Å². The maximum Gasteiger partial charge on any atom is 0.416 e. The Hall–Kier alpha value is -3.70. The number of non-ortho nitro benzene ring substituents is 2. The van der Waals surface area contributed by atoms with Gasteiger partial charge in [-0.3, -0.25) is 25.0 Å². The first-order chi connectivity index (χ1) is 13.1. The summed E-state index contributed by atoms with van der Waals surface area (Å²) in [7, 11) is 0. The van der Waals surface area contributed by atoms with E-state index in [1.807, 2.05) is 0 Å². The largest absolute Gasteiger partial charge is 0.492 e. The van der Waals surface area contributed by atoms with Crippen molar-refractivity contribution in [1.82, 2.24) is 5.32 Å². The molecule has 0 saturated heterocycles. The number of alkyl halides is 3. The van der Waals surface area contributed by atoms with Crippen molar-refractivity contribution in [2.24, 2.45) is 0 Å². The SMILES string of the molecule is O=C(NCCOc1ccc(C(F)(F)F)cc1)c1cc([N+](=O)[O-])cc([N+](=O)[O-])c1. The average Bonchev–Trinajstić information content (AvgIpc) is 2.64. The number of hydrogen-bond donors (Lipinski definition) is 1. The molecule has 2 aromatic rings. The van der Waals surface area contributed by atoms with Gasteiger partial charge in [-0.15, -0.1) is 0 Å². The summed E-state index contributed by atoms with van der Waals surface area (Å²) in [6.07, 6.45) is -4.46. The molecule has 0 heterocycles. The van der Waals surface area contributed by atoms with Crippen LogP contribution < -0.4 is 10.1 Å². The fourth-order valence-electron chi connectivity index (χ4n) is 2.11. The van der Waals surface area contributed by atoms with Crippen LogP contribution in [0.5, 0.6) is 5.75 Å². The maximum absolute atomic E-state index is 12.5. The zero-order valence-corrected chi connectivity index (χ0v) is 13.9. The fourth-order valence-corrected chi connectivity index (χ4v) is 2.11. The van der Waals surface area contributed by atoms with Crippen LogP contribution in [0.2, 0.25) is 0 Å². The van der Waals surface area contributed by atoms with Crippen molar-refractivity contribution in [3.8, 4) is 5.75 Å². The van der Waals surface area contributed by atoms with Crippen molar-refractivity contribution in [3.63, 3.8) is 0 Å². The summed E-state index contributed by atoms with van der Waals surface area (Å²) in [6.45, 7) is -0.190. The van der Waals surface area contributed by atoms with E-state index in [4.69, 9.17) is 4.74 Å². The van der Waals surface area contributed by atoms with Crippen molar-refractivity contribution in [1.29, 1.82) is 0 Å². The molecule has 28 heavy (non-hydrogen) atoms. The lowest BCUT2D eigenvalue weighted by molar-refractivity contribution is -0.394. The summed E-state index contributed by atoms with van der Waals surface area (Å²) in [6, 6.07) is 6.43. The van der Waals surface area contributed by atoms with Crippen LogP contribution in [0.25, 0.3) is 0 Å². The first kappa shape index (κ1) is 20.6. The summed E-state index contributed by atoms with van der Waals surface area (Å²) in [5.74, 6) is -0.656. The molecule has 1 amide bonds. The van der Waals surface area contributed by atoms with Crippen molar-refractivity contribution in [2.75, 3.05) is 13.2 Å². The molecule has 9 nitrogen and oxygen atoms in total. The predicted octanol–water partition coefficient (Wildman–Crippen LogP) is 3.33. The molecule has 2 aromatic carbocycles. The number of ether oxygens (including phenoxy) is 1. The van der Waals surface area contributed by atoms with E-state index in [0.717, 1.165) is 42.5 Å². The highest BCUT2D eigenvalue weighted by Gasteiger charge is 2.30. The number of hydrogen-bond acceptors (Lipinski definition) is 6. The van der Waals surface area contributed by atoms with Crippen molar-refractivity contribution in [2.45, 2.75) is 6.18 Å². The minimum atomic E-state index is -4.46. The highest BCUT2D eigenvalue weighted by Crippen LogP contribution is 2.30. The Morgan fingerprint density at radius 1 is 1.00 bits per heavy atom. The number of rotatable bonds is 7. The summed E-state index contributed by atoms with van der Waals surface area (Å²) in [4.78, 5) is 31.9. The molecular weight excluding hydrogens is 387 g/mol. The number of carbonyl (C=O) groups excluding carboxylic acids is 1. The highest BCUT2D eigenvalue weighted by atomic mass is 19.4. The Labute approximate surface area is 155 Å². The maximum atomic E-state index is 12.5. The van der Waals surface area contributed by atoms with E-state index in [1.165, 1.54) is 0 Å². The van der Waals surface area contributed by atoms with Crippen molar-refractivity contribution >= 4 is 17.3 Å². The Morgan fingerprint density at radius 2 is 1.54 bits per heavy atom. The van der Waals surface area contributed by atoms with Gasteiger partial charge in [0.2, 0.25) is 0 Å². The number of benzene rings is 2. The lowest BCUT2D eigenvalue weighted by Gasteiger charge is -2.10. The molecule has 0 unspecified atom stereocenters. The molecule has 0 aliphatic rings. The molecule has 2 rings (SSSR count). The van der Waals surface area contributed by atoms with Gasteiger partial charge in [-0.05, 0) is 24.3 Å². The Morgan fingerprint density at radius 3 is 2.00 bits per heavy atom. The third kappa shape index (κ3) is 5.40. The van der Waals surface area contributed by atoms with E-state index in [9.17, 15) is 38.2 Å². The molecule has 148 valence electrons. The summed E-state index contributed by atoms with van der Waals surface area (Å²) in [5, 5.41) is 24.0. The van der Waals surface area contributed by atoms with Crippen molar-refractivity contribution in [3.05, 3.63) is 73.8 Å². The second-order valence-electron chi connectivity index (χ2n) is 5.38. The molecule has 0 spiro atoms. The Bertz CT molecular complexity index is 867. The van der Waals surface area contributed by atoms with Gasteiger partial charge in [0.1, 0.15) is 12.4 Å². The van der Waals surface area contributed by atoms with E-state index in [1.54, 1.807) is 0 Å². The molecule has 0 atom stereocenters. The lowest BCUT2D eigenvalue weighted by Crippen LogP contribution is -2.28. The quantitative estimate of drug-likeness (QED) is 0.433. The molecular formula is C16H12F3N3O6. The Kier molecular flexibility index (Phi) is 6.13. The van der Waals surface area contributed by atoms with Gasteiger partial charge in [-0.2, -0.15) is 13.2 Å². The number of nitrogens with zero attached hydrogens (tertiary/aromatic N) is 2. The van der Waals surface area contributed by atoms with Gasteiger partial charge in [0.25, 0.3) is 17.3 Å². The van der Waals surface area contributed by atoms with E-state index in [-0.39, 0.29) is 24.5 Å². The molecule has 0 saturated carbocycles. The summed E-state index contributed by atoms with van der Waals surface area (Å²) in [5.41, 5.74) is -2.34. The van der Waals surface area contributed by atoms with Gasteiger partial charge in [0, 0.05) is 12.1 Å². The van der Waals surface area contributed by atoms with Crippen LogP contribution in [0.3, 0.4) is 0 Å². The highest BCUT2D eigenvalue weighted by molar-refractivity contribution is 5.95. The molecule has 0 aliphatic carbocycles. The first-order valence-electron chi connectivity index (χ1n) is 7.60. The van der Waals surface area contributed by atoms with E-state index < -0.39 is 38.9 Å². The average molecular weight is 399 g/mol. The van der Waals surface area contributed by atoms with Gasteiger partial charge in [-0.25, -0.2) is 0 Å². The van der Waals surface area contributed by atoms with Crippen LogP contribution in [0, 0.1) is 20.2 Å². The van der Waals surface area contributed by atoms with Crippen LogP contribution in [-0.4, -0.2) is 28.9 Å². The van der Waals surface area contributed by atoms with Gasteiger partial charge in [-0.1, -0.05) is 0 Å². The molecule has 1 N–H and O–H groups in total. The van der Waals surface area contributed by atoms with Crippen molar-refractivity contribution < 1.29 is 32.5 Å². The van der Waals surface area contributed by atoms with Gasteiger partial charge >= 0.3 is 6.18 Å². The number of halogens is 3. The predicted molar refractivity (Wildman–Crippen MR) is 89.0 cm³/mol.